The van der Waals surface area contributed by atoms with Gasteiger partial charge in [0.2, 0.25) is 0 Å². The average Bonchev–Trinajstić information content (AvgIpc) is 2.93. The van der Waals surface area contributed by atoms with Gasteiger partial charge < -0.3 is 14.8 Å². The van der Waals surface area contributed by atoms with E-state index in [1.807, 2.05) is 31.2 Å². The Hall–Kier alpha value is -2.80. The predicted octanol–water partition coefficient (Wildman–Crippen LogP) is 3.61. The molecule has 0 aliphatic carbocycles. The molecule has 2 aromatic rings. The third-order valence-corrected chi connectivity index (χ3v) is 4.13. The summed E-state index contributed by atoms with van der Waals surface area (Å²) < 4.78 is 12.5. The summed E-state index contributed by atoms with van der Waals surface area (Å²) in [6.45, 7) is 2.77. The molecule has 0 radical (unpaired) electrons. The number of imide groups is 1. The van der Waals surface area contributed by atoms with Crippen molar-refractivity contribution in [2.24, 2.45) is 0 Å². The Bertz CT molecular complexity index is 862. The van der Waals surface area contributed by atoms with Crippen LogP contribution in [0.3, 0.4) is 0 Å². The molecule has 0 unspecified atom stereocenters. The van der Waals surface area contributed by atoms with Gasteiger partial charge in [-0.2, -0.15) is 0 Å². The molecule has 2 aromatic carbocycles. The Kier molecular flexibility index (Phi) is 5.58. The number of rotatable bonds is 6. The highest BCUT2D eigenvalue weighted by Crippen LogP contribution is 2.30. The molecule has 3 amide bonds. The number of ether oxygens (including phenoxy) is 2. The first-order valence-electron chi connectivity index (χ1n) is 8.03. The smallest absolute Gasteiger partial charge is 0.326 e. The minimum atomic E-state index is -0.527. The van der Waals surface area contributed by atoms with Crippen molar-refractivity contribution < 1.29 is 19.1 Å². The third-order valence-electron chi connectivity index (χ3n) is 3.61. The number of halogens is 1. The molecular formula is C19H17BrN2O4. The number of hydrogen-bond acceptors (Lipinski definition) is 4. The number of amides is 3. The summed E-state index contributed by atoms with van der Waals surface area (Å²) in [5, 5.41) is 4.62. The van der Waals surface area contributed by atoms with Gasteiger partial charge in [-0.1, -0.05) is 34.1 Å². The van der Waals surface area contributed by atoms with Crippen LogP contribution < -0.4 is 20.1 Å². The van der Waals surface area contributed by atoms with Gasteiger partial charge in [0.15, 0.2) is 11.5 Å². The number of carbonyl (C=O) groups excluding carboxylic acids is 2. The fourth-order valence-corrected chi connectivity index (χ4v) is 2.66. The van der Waals surface area contributed by atoms with Gasteiger partial charge in [0.1, 0.15) is 12.3 Å². The van der Waals surface area contributed by atoms with Crippen LogP contribution in [0.15, 0.2) is 52.6 Å². The molecule has 134 valence electrons. The highest BCUT2D eigenvalue weighted by Gasteiger charge is 2.22. The molecule has 26 heavy (non-hydrogen) atoms. The fraction of sp³-hybridized carbons (Fsp3) is 0.158. The molecule has 0 atom stereocenters. The van der Waals surface area contributed by atoms with Gasteiger partial charge in [-0.15, -0.1) is 0 Å². The van der Waals surface area contributed by atoms with Gasteiger partial charge in [0.25, 0.3) is 5.91 Å². The molecule has 3 rings (SSSR count). The molecule has 6 nitrogen and oxygen atoms in total. The van der Waals surface area contributed by atoms with Crippen LogP contribution in [0.2, 0.25) is 0 Å². The number of benzene rings is 2. The summed E-state index contributed by atoms with van der Waals surface area (Å²) in [6, 6.07) is 12.7. The van der Waals surface area contributed by atoms with Crippen molar-refractivity contribution in [2.75, 3.05) is 6.61 Å². The van der Waals surface area contributed by atoms with E-state index in [0.29, 0.717) is 24.7 Å². The zero-order valence-corrected chi connectivity index (χ0v) is 15.6. The molecule has 1 saturated heterocycles. The van der Waals surface area contributed by atoms with E-state index in [9.17, 15) is 9.59 Å². The second-order valence-electron chi connectivity index (χ2n) is 5.52. The maximum atomic E-state index is 11.6. The number of hydrogen-bond donors (Lipinski definition) is 2. The topological polar surface area (TPSA) is 76.7 Å². The van der Waals surface area contributed by atoms with Crippen molar-refractivity contribution in [1.82, 2.24) is 10.6 Å². The minimum absolute atomic E-state index is 0.195. The fourth-order valence-electron chi connectivity index (χ4n) is 2.39. The molecule has 2 N–H and O–H groups in total. The van der Waals surface area contributed by atoms with Gasteiger partial charge in [-0.25, -0.2) is 4.79 Å². The third kappa shape index (κ3) is 4.43. The first-order chi connectivity index (χ1) is 12.5. The first-order valence-corrected chi connectivity index (χ1v) is 8.82. The summed E-state index contributed by atoms with van der Waals surface area (Å²) in [5.74, 6) is 0.726. The second-order valence-corrected chi connectivity index (χ2v) is 6.44. The van der Waals surface area contributed by atoms with E-state index >= 15 is 0 Å². The molecular weight excluding hydrogens is 400 g/mol. The Labute approximate surface area is 159 Å². The van der Waals surface area contributed by atoms with Crippen molar-refractivity contribution in [3.63, 3.8) is 0 Å². The van der Waals surface area contributed by atoms with Crippen LogP contribution in [0.4, 0.5) is 4.79 Å². The van der Waals surface area contributed by atoms with Crippen molar-refractivity contribution in [3.8, 4) is 11.5 Å². The van der Waals surface area contributed by atoms with Crippen molar-refractivity contribution >= 4 is 33.9 Å². The summed E-state index contributed by atoms with van der Waals surface area (Å²) >= 11 is 3.40. The zero-order valence-electron chi connectivity index (χ0n) is 14.0. The molecule has 1 fully saturated rings. The van der Waals surface area contributed by atoms with Gasteiger partial charge in [-0.3, -0.25) is 10.1 Å². The molecule has 0 spiro atoms. The van der Waals surface area contributed by atoms with Gasteiger partial charge in [0.05, 0.1) is 6.61 Å². The lowest BCUT2D eigenvalue weighted by molar-refractivity contribution is -0.115. The Balaban J connectivity index is 1.78. The number of urea groups is 1. The summed E-state index contributed by atoms with van der Waals surface area (Å²) in [6.07, 6.45) is 1.58. The molecule has 0 saturated carbocycles. The van der Waals surface area contributed by atoms with E-state index in [2.05, 4.69) is 26.6 Å². The molecule has 0 bridgehead atoms. The van der Waals surface area contributed by atoms with E-state index in [-0.39, 0.29) is 5.70 Å². The van der Waals surface area contributed by atoms with E-state index in [4.69, 9.17) is 9.47 Å². The summed E-state index contributed by atoms with van der Waals surface area (Å²) in [7, 11) is 0. The van der Waals surface area contributed by atoms with Crippen LogP contribution in [0.25, 0.3) is 6.08 Å². The zero-order chi connectivity index (χ0) is 18.5. The summed E-state index contributed by atoms with van der Waals surface area (Å²) in [5.41, 5.74) is 1.95. The van der Waals surface area contributed by atoms with E-state index in [1.54, 1.807) is 24.3 Å². The van der Waals surface area contributed by atoms with Crippen LogP contribution >= 0.6 is 15.9 Å². The van der Waals surface area contributed by atoms with Gasteiger partial charge in [-0.05, 0) is 48.4 Å². The highest BCUT2D eigenvalue weighted by atomic mass is 79.9. The van der Waals surface area contributed by atoms with Crippen molar-refractivity contribution in [3.05, 3.63) is 63.8 Å². The molecule has 7 heteroatoms. The van der Waals surface area contributed by atoms with Gasteiger partial charge in [0, 0.05) is 4.47 Å². The maximum Gasteiger partial charge on any atom is 0.326 e. The normalized spacial score (nSPS) is 14.9. The summed E-state index contributed by atoms with van der Waals surface area (Å²) in [4.78, 5) is 22.8. The standard InChI is InChI=1S/C19H17BrN2O4/c1-2-25-17-10-13(9-15-18(23)22-19(24)21-15)5-8-16(17)26-11-12-3-6-14(20)7-4-12/h3-10H,2,11H2,1H3,(H2,21,22,23,24)/b15-9+. The van der Waals surface area contributed by atoms with Crippen molar-refractivity contribution in [2.45, 2.75) is 13.5 Å². The van der Waals surface area contributed by atoms with Gasteiger partial charge >= 0.3 is 6.03 Å². The molecule has 1 heterocycles. The Morgan fingerprint density at radius 2 is 1.77 bits per heavy atom. The highest BCUT2D eigenvalue weighted by molar-refractivity contribution is 9.10. The first kappa shape index (κ1) is 18.0. The quantitative estimate of drug-likeness (QED) is 0.556. The lowest BCUT2D eigenvalue weighted by Gasteiger charge is -2.13. The van der Waals surface area contributed by atoms with Crippen molar-refractivity contribution in [1.29, 1.82) is 0 Å². The van der Waals surface area contributed by atoms with Crippen LogP contribution in [0, 0.1) is 0 Å². The minimum Gasteiger partial charge on any atom is -0.490 e. The second kappa shape index (κ2) is 8.05. The van der Waals surface area contributed by atoms with E-state index in [0.717, 1.165) is 15.6 Å². The molecule has 1 aliphatic heterocycles. The van der Waals surface area contributed by atoms with E-state index < -0.39 is 11.9 Å². The predicted molar refractivity (Wildman–Crippen MR) is 101 cm³/mol. The largest absolute Gasteiger partial charge is 0.490 e. The SMILES string of the molecule is CCOc1cc(/C=C2/NC(=O)NC2=O)ccc1OCc1ccc(Br)cc1. The number of nitrogens with one attached hydrogen (secondary N) is 2. The lowest BCUT2D eigenvalue weighted by Crippen LogP contribution is -2.22. The monoisotopic (exact) mass is 416 g/mol. The number of carbonyl (C=O) groups is 2. The Morgan fingerprint density at radius 3 is 2.42 bits per heavy atom. The van der Waals surface area contributed by atoms with Crippen LogP contribution in [0.5, 0.6) is 11.5 Å². The Morgan fingerprint density at radius 1 is 1.00 bits per heavy atom. The van der Waals surface area contributed by atoms with E-state index in [1.165, 1.54) is 0 Å². The average molecular weight is 417 g/mol. The maximum absolute atomic E-state index is 11.6. The van der Waals surface area contributed by atoms with Crippen LogP contribution in [-0.2, 0) is 11.4 Å². The van der Waals surface area contributed by atoms with Crippen LogP contribution in [-0.4, -0.2) is 18.5 Å². The molecule has 1 aliphatic rings. The lowest BCUT2D eigenvalue weighted by atomic mass is 10.1. The van der Waals surface area contributed by atoms with Crippen LogP contribution in [0.1, 0.15) is 18.1 Å². The molecule has 0 aromatic heterocycles.